The summed E-state index contributed by atoms with van der Waals surface area (Å²) in [6.45, 7) is 2.05. The number of hydrogen-bond donors (Lipinski definition) is 2. The first-order valence-corrected chi connectivity index (χ1v) is 7.08. The molecule has 2 N–H and O–H groups in total. The Labute approximate surface area is 117 Å². The fraction of sp³-hybridized carbons (Fsp3) is 0.357. The molecule has 2 aliphatic rings. The molecular formula is C14H16BN3O2. The van der Waals surface area contributed by atoms with Crippen LogP contribution >= 0.6 is 0 Å². The van der Waals surface area contributed by atoms with E-state index < -0.39 is 0 Å². The highest BCUT2D eigenvalue weighted by Gasteiger charge is 2.24. The standard InChI is InChI=1S/C14H16BN3O2/c19-18-8-11(9-2-5-16-6-3-9)13-10-1-4-15-20-12(10)7-17-14(13)18/h1,4,7-9,15-16,19H,2-3,5-6H2. The number of fused-ring (bicyclic) bond motifs is 3. The van der Waals surface area contributed by atoms with E-state index >= 15 is 0 Å². The van der Waals surface area contributed by atoms with Crippen molar-refractivity contribution in [2.45, 2.75) is 18.8 Å². The van der Waals surface area contributed by atoms with Gasteiger partial charge in [-0.15, -0.1) is 0 Å². The zero-order valence-electron chi connectivity index (χ0n) is 11.2. The number of nitrogens with zero attached hydrogens (tertiary/aromatic N) is 2. The van der Waals surface area contributed by atoms with Crippen molar-refractivity contribution >= 4 is 24.6 Å². The third kappa shape index (κ3) is 1.72. The number of hydrogen-bond acceptors (Lipinski definition) is 4. The second-order valence-electron chi connectivity index (χ2n) is 5.40. The molecule has 6 heteroatoms. The van der Waals surface area contributed by atoms with Gasteiger partial charge in [-0.05, 0) is 37.4 Å². The number of rotatable bonds is 1. The van der Waals surface area contributed by atoms with E-state index in [2.05, 4.69) is 16.4 Å². The lowest BCUT2D eigenvalue weighted by Gasteiger charge is -2.23. The van der Waals surface area contributed by atoms with Crippen molar-refractivity contribution in [3.8, 4) is 5.75 Å². The highest BCUT2D eigenvalue weighted by atomic mass is 16.5. The Morgan fingerprint density at radius 1 is 1.40 bits per heavy atom. The molecule has 4 heterocycles. The van der Waals surface area contributed by atoms with Crippen LogP contribution in [-0.4, -0.2) is 35.5 Å². The summed E-state index contributed by atoms with van der Waals surface area (Å²) in [5, 5.41) is 14.5. The van der Waals surface area contributed by atoms with Gasteiger partial charge in [-0.3, -0.25) is 0 Å². The minimum absolute atomic E-state index is 0.468. The van der Waals surface area contributed by atoms with Crippen LogP contribution in [0, 0.1) is 0 Å². The molecule has 2 aliphatic heterocycles. The summed E-state index contributed by atoms with van der Waals surface area (Å²) in [4.78, 5) is 4.35. The lowest BCUT2D eigenvalue weighted by atomic mass is 9.87. The molecule has 0 aliphatic carbocycles. The summed E-state index contributed by atoms with van der Waals surface area (Å²) in [5.74, 6) is 3.28. The largest absolute Gasteiger partial charge is 0.558 e. The summed E-state index contributed by atoms with van der Waals surface area (Å²) in [6.07, 6.45) is 7.77. The fourth-order valence-electron chi connectivity index (χ4n) is 3.24. The van der Waals surface area contributed by atoms with Gasteiger partial charge >= 0.3 is 7.48 Å². The molecule has 0 aromatic carbocycles. The molecule has 2 aromatic heterocycles. The van der Waals surface area contributed by atoms with Crippen LogP contribution in [0.4, 0.5) is 0 Å². The molecule has 0 radical (unpaired) electrons. The monoisotopic (exact) mass is 269 g/mol. The molecule has 102 valence electrons. The molecule has 0 atom stereocenters. The van der Waals surface area contributed by atoms with Crippen LogP contribution in [0.15, 0.2) is 18.4 Å². The second kappa shape index (κ2) is 4.56. The lowest BCUT2D eigenvalue weighted by Crippen LogP contribution is -2.26. The normalized spacial score (nSPS) is 18.6. The quantitative estimate of drug-likeness (QED) is 0.607. The molecule has 2 aromatic rings. The molecule has 1 saturated heterocycles. The van der Waals surface area contributed by atoms with Crippen LogP contribution in [0.2, 0.25) is 0 Å². The summed E-state index contributed by atoms with van der Waals surface area (Å²) in [7, 11) is 0.586. The highest BCUT2D eigenvalue weighted by molar-refractivity contribution is 6.38. The van der Waals surface area contributed by atoms with Crippen LogP contribution in [0.5, 0.6) is 5.75 Å². The van der Waals surface area contributed by atoms with Crippen LogP contribution in [0.1, 0.15) is 29.9 Å². The van der Waals surface area contributed by atoms with Gasteiger partial charge < -0.3 is 15.2 Å². The van der Waals surface area contributed by atoms with Gasteiger partial charge in [0.05, 0.1) is 6.20 Å². The maximum atomic E-state index is 10.1. The number of pyridine rings is 1. The van der Waals surface area contributed by atoms with E-state index in [1.165, 1.54) is 5.56 Å². The molecule has 0 saturated carbocycles. The van der Waals surface area contributed by atoms with E-state index in [9.17, 15) is 5.21 Å². The van der Waals surface area contributed by atoms with E-state index in [0.29, 0.717) is 19.0 Å². The molecule has 0 bridgehead atoms. The van der Waals surface area contributed by atoms with Gasteiger partial charge in [0.15, 0.2) is 5.65 Å². The van der Waals surface area contributed by atoms with E-state index in [1.54, 1.807) is 6.20 Å². The smallest absolute Gasteiger partial charge is 0.366 e. The van der Waals surface area contributed by atoms with Crippen molar-refractivity contribution in [3.05, 3.63) is 29.5 Å². The molecule has 0 unspecified atom stereocenters. The Kier molecular flexibility index (Phi) is 2.70. The minimum Gasteiger partial charge on any atom is -0.558 e. The van der Waals surface area contributed by atoms with E-state index in [4.69, 9.17) is 4.65 Å². The number of aromatic nitrogens is 2. The SMILES string of the molecule is On1cc(C2CCNCC2)c2c3c(cnc21)OBC=C3. The van der Waals surface area contributed by atoms with Crippen molar-refractivity contribution in [3.63, 3.8) is 0 Å². The zero-order valence-corrected chi connectivity index (χ0v) is 11.2. The van der Waals surface area contributed by atoms with Crippen molar-refractivity contribution in [1.82, 2.24) is 15.0 Å². The predicted molar refractivity (Wildman–Crippen MR) is 78.6 cm³/mol. The van der Waals surface area contributed by atoms with E-state index in [-0.39, 0.29) is 0 Å². The van der Waals surface area contributed by atoms with Gasteiger partial charge in [0, 0.05) is 17.1 Å². The summed E-state index contributed by atoms with van der Waals surface area (Å²) >= 11 is 0. The van der Waals surface area contributed by atoms with Gasteiger partial charge in [0.1, 0.15) is 5.75 Å². The van der Waals surface area contributed by atoms with Gasteiger partial charge in [-0.1, -0.05) is 12.1 Å². The average molecular weight is 269 g/mol. The average Bonchev–Trinajstić information content (AvgIpc) is 2.86. The van der Waals surface area contributed by atoms with Crippen molar-refractivity contribution < 1.29 is 9.86 Å². The first kappa shape index (κ1) is 11.8. The van der Waals surface area contributed by atoms with Crippen molar-refractivity contribution in [2.75, 3.05) is 13.1 Å². The third-order valence-corrected chi connectivity index (χ3v) is 4.23. The van der Waals surface area contributed by atoms with Gasteiger partial charge in [0.2, 0.25) is 0 Å². The lowest BCUT2D eigenvalue weighted by molar-refractivity contribution is 0.197. The summed E-state index contributed by atoms with van der Waals surface area (Å²) in [5.41, 5.74) is 2.85. The number of nitrogens with one attached hydrogen (secondary N) is 1. The third-order valence-electron chi connectivity index (χ3n) is 4.23. The first-order valence-electron chi connectivity index (χ1n) is 7.08. The molecule has 1 fully saturated rings. The van der Waals surface area contributed by atoms with Gasteiger partial charge in [-0.25, -0.2) is 4.98 Å². The van der Waals surface area contributed by atoms with Crippen LogP contribution in [0.3, 0.4) is 0 Å². The van der Waals surface area contributed by atoms with Crippen LogP contribution in [0.25, 0.3) is 17.1 Å². The molecular weight excluding hydrogens is 253 g/mol. The topological polar surface area (TPSA) is 59.3 Å². The Hall–Kier alpha value is -1.95. The Bertz CT molecular complexity index is 689. The Balaban J connectivity index is 1.94. The fourth-order valence-corrected chi connectivity index (χ4v) is 3.24. The predicted octanol–water partition coefficient (Wildman–Crippen LogP) is 1.46. The molecule has 0 amide bonds. The molecule has 5 nitrogen and oxygen atoms in total. The maximum absolute atomic E-state index is 10.1. The summed E-state index contributed by atoms with van der Waals surface area (Å²) < 4.78 is 6.78. The van der Waals surface area contributed by atoms with Crippen molar-refractivity contribution in [1.29, 1.82) is 0 Å². The molecule has 4 rings (SSSR count). The van der Waals surface area contributed by atoms with Gasteiger partial charge in [0.25, 0.3) is 0 Å². The van der Waals surface area contributed by atoms with Crippen molar-refractivity contribution in [2.24, 2.45) is 0 Å². The minimum atomic E-state index is 0.468. The molecule has 20 heavy (non-hydrogen) atoms. The highest BCUT2D eigenvalue weighted by Crippen LogP contribution is 2.38. The Morgan fingerprint density at radius 2 is 2.25 bits per heavy atom. The van der Waals surface area contributed by atoms with E-state index in [0.717, 1.165) is 47.4 Å². The molecule has 0 spiro atoms. The second-order valence-corrected chi connectivity index (χ2v) is 5.40. The maximum Gasteiger partial charge on any atom is 0.366 e. The first-order chi connectivity index (χ1) is 9.84. The zero-order chi connectivity index (χ0) is 13.5. The van der Waals surface area contributed by atoms with E-state index in [1.807, 2.05) is 12.2 Å². The van der Waals surface area contributed by atoms with Crippen LogP contribution < -0.4 is 9.97 Å². The van der Waals surface area contributed by atoms with Crippen LogP contribution in [-0.2, 0) is 0 Å². The summed E-state index contributed by atoms with van der Waals surface area (Å²) in [6, 6.07) is 0. The number of piperidine rings is 1. The Morgan fingerprint density at radius 3 is 3.10 bits per heavy atom. The van der Waals surface area contributed by atoms with Gasteiger partial charge in [-0.2, -0.15) is 4.73 Å².